The summed E-state index contributed by atoms with van der Waals surface area (Å²) in [6, 6.07) is 7.82. The van der Waals surface area contributed by atoms with Gasteiger partial charge in [-0.25, -0.2) is 0 Å². The van der Waals surface area contributed by atoms with E-state index in [0.29, 0.717) is 50.0 Å². The monoisotopic (exact) mass is 345 g/mol. The van der Waals surface area contributed by atoms with E-state index in [2.05, 4.69) is 29.3 Å². The fourth-order valence-corrected chi connectivity index (χ4v) is 2.32. The molecule has 6 nitrogen and oxygen atoms in total. The van der Waals surface area contributed by atoms with Crippen molar-refractivity contribution in [2.45, 2.75) is 53.0 Å². The summed E-state index contributed by atoms with van der Waals surface area (Å²) in [7, 11) is 0. The molecule has 6 heteroatoms. The van der Waals surface area contributed by atoms with Crippen molar-refractivity contribution < 1.29 is 14.1 Å². The number of ether oxygens (including phenoxy) is 1. The van der Waals surface area contributed by atoms with Gasteiger partial charge in [0.25, 0.3) is 0 Å². The van der Waals surface area contributed by atoms with Gasteiger partial charge in [-0.15, -0.1) is 0 Å². The second-order valence-corrected chi connectivity index (χ2v) is 6.50. The van der Waals surface area contributed by atoms with Gasteiger partial charge in [0.2, 0.25) is 11.8 Å². The van der Waals surface area contributed by atoms with Gasteiger partial charge in [0.1, 0.15) is 5.75 Å². The molecule has 2 rings (SSSR count). The van der Waals surface area contributed by atoms with Crippen LogP contribution in [0.5, 0.6) is 5.75 Å². The lowest BCUT2D eigenvalue weighted by atomic mass is 10.1. The molecule has 1 amide bonds. The number of aromatic nitrogens is 2. The van der Waals surface area contributed by atoms with Gasteiger partial charge in [-0.1, -0.05) is 37.2 Å². The standard InChI is InChI=1S/C19H27N3O3/c1-14(2)11-12-24-17-8-5-4-7-16(17)13-20-18(23)9-6-10-19-21-15(3)22-25-19/h4-5,7-8,14H,6,9-13H2,1-3H3,(H,20,23). The lowest BCUT2D eigenvalue weighted by molar-refractivity contribution is -0.121. The number of nitrogens with one attached hydrogen (secondary N) is 1. The summed E-state index contributed by atoms with van der Waals surface area (Å²) in [5.41, 5.74) is 0.993. The minimum atomic E-state index is 0.00761. The molecule has 1 N–H and O–H groups in total. The Balaban J connectivity index is 1.73. The summed E-state index contributed by atoms with van der Waals surface area (Å²) in [4.78, 5) is 16.1. The number of aryl methyl sites for hydroxylation is 2. The molecule has 0 fully saturated rings. The Kier molecular flexibility index (Phi) is 7.44. The molecule has 2 aromatic rings. The van der Waals surface area contributed by atoms with E-state index in [1.165, 1.54) is 0 Å². The maximum atomic E-state index is 12.0. The van der Waals surface area contributed by atoms with E-state index in [9.17, 15) is 4.79 Å². The highest BCUT2D eigenvalue weighted by Gasteiger charge is 2.08. The van der Waals surface area contributed by atoms with Crippen molar-refractivity contribution in [2.24, 2.45) is 5.92 Å². The zero-order chi connectivity index (χ0) is 18.1. The van der Waals surface area contributed by atoms with Gasteiger partial charge in [-0.05, 0) is 31.7 Å². The molecule has 1 aromatic heterocycles. The predicted molar refractivity (Wildman–Crippen MR) is 95.2 cm³/mol. The van der Waals surface area contributed by atoms with Gasteiger partial charge in [0.15, 0.2) is 5.82 Å². The molecule has 0 bridgehead atoms. The molecule has 0 aliphatic heterocycles. The zero-order valence-corrected chi connectivity index (χ0v) is 15.2. The molecule has 1 heterocycles. The Bertz CT molecular complexity index is 667. The summed E-state index contributed by atoms with van der Waals surface area (Å²) in [6.45, 7) is 7.28. The van der Waals surface area contributed by atoms with E-state index in [1.807, 2.05) is 24.3 Å². The van der Waals surface area contributed by atoms with Crippen LogP contribution < -0.4 is 10.1 Å². The number of benzene rings is 1. The molecule has 0 unspecified atom stereocenters. The first kappa shape index (κ1) is 19.0. The second-order valence-electron chi connectivity index (χ2n) is 6.50. The first-order valence-electron chi connectivity index (χ1n) is 8.81. The van der Waals surface area contributed by atoms with Crippen molar-refractivity contribution >= 4 is 5.91 Å². The fraction of sp³-hybridized carbons (Fsp3) is 0.526. The molecule has 0 spiro atoms. The normalized spacial score (nSPS) is 10.9. The minimum Gasteiger partial charge on any atom is -0.493 e. The predicted octanol–water partition coefficient (Wildman–Crippen LogP) is 3.44. The average Bonchev–Trinajstić information content (AvgIpc) is 2.99. The highest BCUT2D eigenvalue weighted by Crippen LogP contribution is 2.18. The van der Waals surface area contributed by atoms with Crippen LogP contribution in [0.1, 0.15) is 50.4 Å². The molecule has 25 heavy (non-hydrogen) atoms. The minimum absolute atomic E-state index is 0.00761. The smallest absolute Gasteiger partial charge is 0.226 e. The van der Waals surface area contributed by atoms with Crippen molar-refractivity contribution in [3.63, 3.8) is 0 Å². The van der Waals surface area contributed by atoms with Crippen LogP contribution in [0.15, 0.2) is 28.8 Å². The summed E-state index contributed by atoms with van der Waals surface area (Å²) in [5.74, 6) is 2.65. The Morgan fingerprint density at radius 3 is 2.84 bits per heavy atom. The Labute approximate surface area is 149 Å². The number of carbonyl (C=O) groups excluding carboxylic acids is 1. The van der Waals surface area contributed by atoms with Gasteiger partial charge >= 0.3 is 0 Å². The van der Waals surface area contributed by atoms with Crippen LogP contribution in [-0.4, -0.2) is 22.7 Å². The van der Waals surface area contributed by atoms with Crippen LogP contribution >= 0.6 is 0 Å². The molecule has 0 aliphatic rings. The van der Waals surface area contributed by atoms with Crippen molar-refractivity contribution in [1.82, 2.24) is 15.5 Å². The maximum Gasteiger partial charge on any atom is 0.226 e. The van der Waals surface area contributed by atoms with E-state index < -0.39 is 0 Å². The van der Waals surface area contributed by atoms with Gasteiger partial charge < -0.3 is 14.6 Å². The first-order chi connectivity index (χ1) is 12.0. The summed E-state index contributed by atoms with van der Waals surface area (Å²) in [6.07, 6.45) is 2.73. The third-order valence-corrected chi connectivity index (χ3v) is 3.77. The van der Waals surface area contributed by atoms with E-state index >= 15 is 0 Å². The Morgan fingerprint density at radius 1 is 1.32 bits per heavy atom. The summed E-state index contributed by atoms with van der Waals surface area (Å²) < 4.78 is 10.9. The fourth-order valence-electron chi connectivity index (χ4n) is 2.32. The van der Waals surface area contributed by atoms with E-state index in [1.54, 1.807) is 6.92 Å². The van der Waals surface area contributed by atoms with Crippen LogP contribution in [0.3, 0.4) is 0 Å². The van der Waals surface area contributed by atoms with Crippen LogP contribution in [0.25, 0.3) is 0 Å². The summed E-state index contributed by atoms with van der Waals surface area (Å²) in [5, 5.41) is 6.68. The van der Waals surface area contributed by atoms with Gasteiger partial charge in [-0.3, -0.25) is 4.79 Å². The molecule has 0 saturated carbocycles. The van der Waals surface area contributed by atoms with Gasteiger partial charge in [0.05, 0.1) is 6.61 Å². The number of hydrogen-bond donors (Lipinski definition) is 1. The Hall–Kier alpha value is -2.37. The van der Waals surface area contributed by atoms with Gasteiger partial charge in [-0.2, -0.15) is 4.98 Å². The molecule has 0 saturated heterocycles. The van der Waals surface area contributed by atoms with Crippen molar-refractivity contribution in [1.29, 1.82) is 0 Å². The van der Waals surface area contributed by atoms with Crippen molar-refractivity contribution in [3.8, 4) is 5.75 Å². The molecule has 0 aliphatic carbocycles. The SMILES string of the molecule is Cc1noc(CCCC(=O)NCc2ccccc2OCCC(C)C)n1. The zero-order valence-electron chi connectivity index (χ0n) is 15.2. The molecular weight excluding hydrogens is 318 g/mol. The number of rotatable bonds is 10. The van der Waals surface area contributed by atoms with E-state index in [-0.39, 0.29) is 5.91 Å². The van der Waals surface area contributed by atoms with Crippen LogP contribution in [0, 0.1) is 12.8 Å². The third kappa shape index (κ3) is 6.95. The van der Waals surface area contributed by atoms with Crippen LogP contribution in [0.2, 0.25) is 0 Å². The molecule has 1 aromatic carbocycles. The number of carbonyl (C=O) groups is 1. The molecule has 0 atom stereocenters. The average molecular weight is 345 g/mol. The van der Waals surface area contributed by atoms with E-state index in [0.717, 1.165) is 17.7 Å². The lowest BCUT2D eigenvalue weighted by Gasteiger charge is -2.13. The maximum absolute atomic E-state index is 12.0. The summed E-state index contributed by atoms with van der Waals surface area (Å²) >= 11 is 0. The van der Waals surface area contributed by atoms with E-state index in [4.69, 9.17) is 9.26 Å². The second kappa shape index (κ2) is 9.81. The molecular formula is C19H27N3O3. The lowest BCUT2D eigenvalue weighted by Crippen LogP contribution is -2.23. The quantitative estimate of drug-likeness (QED) is 0.714. The third-order valence-electron chi connectivity index (χ3n) is 3.77. The first-order valence-corrected chi connectivity index (χ1v) is 8.81. The highest BCUT2D eigenvalue weighted by atomic mass is 16.5. The van der Waals surface area contributed by atoms with Crippen LogP contribution in [-0.2, 0) is 17.8 Å². The molecule has 0 radical (unpaired) electrons. The van der Waals surface area contributed by atoms with Crippen molar-refractivity contribution in [2.75, 3.05) is 6.61 Å². The Morgan fingerprint density at radius 2 is 2.12 bits per heavy atom. The largest absolute Gasteiger partial charge is 0.493 e. The van der Waals surface area contributed by atoms with Gasteiger partial charge in [0, 0.05) is 24.9 Å². The van der Waals surface area contributed by atoms with Crippen LogP contribution in [0.4, 0.5) is 0 Å². The number of amides is 1. The van der Waals surface area contributed by atoms with Crippen molar-refractivity contribution in [3.05, 3.63) is 41.5 Å². The number of para-hydroxylation sites is 1. The number of hydrogen-bond acceptors (Lipinski definition) is 5. The topological polar surface area (TPSA) is 77.2 Å². The molecule has 136 valence electrons. The highest BCUT2D eigenvalue weighted by molar-refractivity contribution is 5.75. The number of nitrogens with zero attached hydrogens (tertiary/aromatic N) is 2.